The molecular formula is C26H30N4O. The Morgan fingerprint density at radius 3 is 2.39 bits per heavy atom. The molecule has 2 aromatic carbocycles. The normalized spacial score (nSPS) is 19.5. The summed E-state index contributed by atoms with van der Waals surface area (Å²) in [6.45, 7) is 3.35. The molecule has 1 saturated heterocycles. The lowest BCUT2D eigenvalue weighted by atomic mass is 10.0. The molecule has 160 valence electrons. The lowest BCUT2D eigenvalue weighted by Crippen LogP contribution is -2.50. The largest absolute Gasteiger partial charge is 0.424 e. The zero-order valence-corrected chi connectivity index (χ0v) is 18.2. The molecular weight excluding hydrogens is 384 g/mol. The van der Waals surface area contributed by atoms with E-state index in [1.165, 1.54) is 44.3 Å². The van der Waals surface area contributed by atoms with Gasteiger partial charge in [0, 0.05) is 37.6 Å². The van der Waals surface area contributed by atoms with Gasteiger partial charge in [-0.2, -0.15) is 0 Å². The lowest BCUT2D eigenvalue weighted by molar-refractivity contribution is 0.0835. The molecule has 5 nitrogen and oxygen atoms in total. The van der Waals surface area contributed by atoms with Crippen LogP contribution in [0.5, 0.6) is 11.8 Å². The van der Waals surface area contributed by atoms with E-state index in [1.54, 1.807) is 29.6 Å². The number of rotatable bonds is 6. The van der Waals surface area contributed by atoms with Gasteiger partial charge in [0.1, 0.15) is 5.75 Å². The van der Waals surface area contributed by atoms with Crippen LogP contribution in [-0.4, -0.2) is 52.0 Å². The van der Waals surface area contributed by atoms with Gasteiger partial charge in [0.15, 0.2) is 0 Å². The van der Waals surface area contributed by atoms with Crippen molar-refractivity contribution in [1.82, 2.24) is 19.8 Å². The van der Waals surface area contributed by atoms with Gasteiger partial charge >= 0.3 is 6.01 Å². The third kappa shape index (κ3) is 4.78. The van der Waals surface area contributed by atoms with Gasteiger partial charge in [-0.05, 0) is 74.2 Å². The van der Waals surface area contributed by atoms with Crippen LogP contribution in [0, 0.1) is 0 Å². The molecule has 1 aliphatic heterocycles. The number of likely N-dealkylation sites (tertiary alicyclic amines) is 1. The molecule has 2 heterocycles. The molecule has 0 unspecified atom stereocenters. The van der Waals surface area contributed by atoms with Crippen molar-refractivity contribution in [3.63, 3.8) is 0 Å². The minimum Gasteiger partial charge on any atom is -0.424 e. The third-order valence-electron chi connectivity index (χ3n) is 6.70. The number of nitrogens with zero attached hydrogens (tertiary/aromatic N) is 4. The Bertz CT molecular complexity index is 967. The van der Waals surface area contributed by atoms with E-state index in [-0.39, 0.29) is 0 Å². The lowest BCUT2D eigenvalue weighted by Gasteiger charge is -2.40. The van der Waals surface area contributed by atoms with Crippen molar-refractivity contribution in [1.29, 1.82) is 0 Å². The zero-order valence-electron chi connectivity index (χ0n) is 18.2. The van der Waals surface area contributed by atoms with E-state index in [0.717, 1.165) is 12.3 Å². The highest BCUT2D eigenvalue weighted by Crippen LogP contribution is 2.28. The number of fused-ring (bicyclic) bond motifs is 1. The van der Waals surface area contributed by atoms with Gasteiger partial charge in [-0.3, -0.25) is 9.80 Å². The van der Waals surface area contributed by atoms with Crippen molar-refractivity contribution in [3.05, 3.63) is 83.7 Å². The maximum Gasteiger partial charge on any atom is 0.321 e. The molecule has 5 heteroatoms. The summed E-state index contributed by atoms with van der Waals surface area (Å²) >= 11 is 0. The summed E-state index contributed by atoms with van der Waals surface area (Å²) in [4.78, 5) is 13.5. The first-order valence-corrected chi connectivity index (χ1v) is 11.3. The second kappa shape index (κ2) is 9.16. The topological polar surface area (TPSA) is 41.5 Å². The fourth-order valence-electron chi connectivity index (χ4n) is 4.99. The number of hydrogen-bond acceptors (Lipinski definition) is 5. The van der Waals surface area contributed by atoms with Gasteiger partial charge < -0.3 is 4.74 Å². The third-order valence-corrected chi connectivity index (χ3v) is 6.70. The maximum atomic E-state index is 5.71. The smallest absolute Gasteiger partial charge is 0.321 e. The monoisotopic (exact) mass is 414 g/mol. The van der Waals surface area contributed by atoms with Crippen LogP contribution in [0.15, 0.2) is 67.0 Å². The average molecular weight is 415 g/mol. The van der Waals surface area contributed by atoms with Gasteiger partial charge in [-0.1, -0.05) is 36.4 Å². The minimum absolute atomic E-state index is 0.378. The van der Waals surface area contributed by atoms with Crippen molar-refractivity contribution in [2.45, 2.75) is 44.3 Å². The summed E-state index contributed by atoms with van der Waals surface area (Å²) < 4.78 is 5.71. The zero-order chi connectivity index (χ0) is 21.0. The van der Waals surface area contributed by atoms with Gasteiger partial charge in [-0.25, -0.2) is 9.97 Å². The fraction of sp³-hybridized carbons (Fsp3) is 0.385. The van der Waals surface area contributed by atoms with Crippen molar-refractivity contribution in [3.8, 4) is 11.8 Å². The van der Waals surface area contributed by atoms with Crippen LogP contribution in [0.2, 0.25) is 0 Å². The second-order valence-electron chi connectivity index (χ2n) is 8.81. The number of ether oxygens (including phenoxy) is 1. The van der Waals surface area contributed by atoms with Crippen LogP contribution in [0.1, 0.15) is 29.5 Å². The van der Waals surface area contributed by atoms with Gasteiger partial charge in [0.2, 0.25) is 0 Å². The number of piperidine rings is 1. The van der Waals surface area contributed by atoms with E-state index < -0.39 is 0 Å². The average Bonchev–Trinajstić information content (AvgIpc) is 3.26. The first kappa shape index (κ1) is 20.2. The van der Waals surface area contributed by atoms with Crippen LogP contribution in [-0.2, 0) is 19.4 Å². The van der Waals surface area contributed by atoms with Gasteiger partial charge in [0.05, 0.1) is 0 Å². The van der Waals surface area contributed by atoms with Crippen LogP contribution in [0.25, 0.3) is 0 Å². The van der Waals surface area contributed by atoms with Crippen molar-refractivity contribution in [2.24, 2.45) is 0 Å². The Balaban J connectivity index is 1.16. The van der Waals surface area contributed by atoms with Crippen molar-refractivity contribution in [2.75, 3.05) is 20.1 Å². The molecule has 1 fully saturated rings. The molecule has 0 saturated carbocycles. The molecule has 0 N–H and O–H groups in total. The van der Waals surface area contributed by atoms with Crippen LogP contribution >= 0.6 is 0 Å². The van der Waals surface area contributed by atoms with E-state index in [4.69, 9.17) is 4.74 Å². The SMILES string of the molecule is CN(Cc1ccc(Oc2ncccn2)cc1)[C@H]1CCCN(C2Cc3ccccc3C2)C1. The van der Waals surface area contributed by atoms with E-state index >= 15 is 0 Å². The maximum absolute atomic E-state index is 5.71. The highest BCUT2D eigenvalue weighted by molar-refractivity contribution is 5.33. The molecule has 0 amide bonds. The van der Waals surface area contributed by atoms with Crippen LogP contribution in [0.3, 0.4) is 0 Å². The van der Waals surface area contributed by atoms with E-state index in [2.05, 4.69) is 63.2 Å². The van der Waals surface area contributed by atoms with E-state index in [1.807, 2.05) is 12.1 Å². The summed E-state index contributed by atoms with van der Waals surface area (Å²) in [7, 11) is 2.26. The summed E-state index contributed by atoms with van der Waals surface area (Å²) in [6.07, 6.45) is 8.34. The molecule has 0 radical (unpaired) electrons. The Hall–Kier alpha value is -2.76. The summed E-state index contributed by atoms with van der Waals surface area (Å²) in [5.74, 6) is 0.766. The highest BCUT2D eigenvalue weighted by Gasteiger charge is 2.31. The number of benzene rings is 2. The summed E-state index contributed by atoms with van der Waals surface area (Å²) in [5.41, 5.74) is 4.40. The Morgan fingerprint density at radius 2 is 1.68 bits per heavy atom. The van der Waals surface area contributed by atoms with Crippen LogP contribution < -0.4 is 4.74 Å². The highest BCUT2D eigenvalue weighted by atomic mass is 16.5. The predicted octanol–water partition coefficient (Wildman–Crippen LogP) is 4.33. The Kier molecular flexibility index (Phi) is 5.96. The summed E-state index contributed by atoms with van der Waals surface area (Å²) in [5, 5.41) is 0. The molecule has 5 rings (SSSR count). The van der Waals surface area contributed by atoms with Crippen molar-refractivity contribution >= 4 is 0 Å². The molecule has 1 atom stereocenters. The fourth-order valence-corrected chi connectivity index (χ4v) is 4.99. The predicted molar refractivity (Wildman–Crippen MR) is 122 cm³/mol. The number of hydrogen-bond donors (Lipinski definition) is 0. The molecule has 2 aliphatic rings. The molecule has 0 spiro atoms. The molecule has 31 heavy (non-hydrogen) atoms. The standard InChI is InChI=1S/C26H30N4O/c1-29(18-20-9-11-25(12-10-20)31-26-27-13-5-14-28-26)23-8-4-15-30(19-23)24-16-21-6-2-3-7-22(21)17-24/h2-3,5-7,9-14,23-24H,4,8,15-19H2,1H3/t23-/m0/s1. The Labute approximate surface area is 184 Å². The van der Waals surface area contributed by atoms with Crippen LogP contribution in [0.4, 0.5) is 0 Å². The first-order valence-electron chi connectivity index (χ1n) is 11.3. The van der Waals surface area contributed by atoms with E-state index in [0.29, 0.717) is 18.1 Å². The van der Waals surface area contributed by atoms with Gasteiger partial charge in [-0.15, -0.1) is 0 Å². The minimum atomic E-state index is 0.378. The summed E-state index contributed by atoms with van der Waals surface area (Å²) in [6, 6.07) is 20.7. The van der Waals surface area contributed by atoms with Gasteiger partial charge in [0.25, 0.3) is 0 Å². The number of aromatic nitrogens is 2. The molecule has 1 aliphatic carbocycles. The van der Waals surface area contributed by atoms with Crippen molar-refractivity contribution < 1.29 is 4.74 Å². The first-order chi connectivity index (χ1) is 15.2. The molecule has 3 aromatic rings. The Morgan fingerprint density at radius 1 is 0.968 bits per heavy atom. The molecule has 1 aromatic heterocycles. The molecule has 0 bridgehead atoms. The second-order valence-corrected chi connectivity index (χ2v) is 8.81. The quantitative estimate of drug-likeness (QED) is 0.600. The van der Waals surface area contributed by atoms with E-state index in [9.17, 15) is 0 Å². The number of likely N-dealkylation sites (N-methyl/N-ethyl adjacent to an activating group) is 1.